The van der Waals surface area contributed by atoms with Gasteiger partial charge in [-0.1, -0.05) is 22.0 Å². The van der Waals surface area contributed by atoms with Crippen molar-refractivity contribution < 1.29 is 4.79 Å². The smallest absolute Gasteiger partial charge is 0.163 e. The molecular weight excluding hydrogens is 216 g/mol. The molecule has 3 rings (SSSR count). The van der Waals surface area contributed by atoms with Crippen molar-refractivity contribution in [1.29, 1.82) is 0 Å². The Morgan fingerprint density at radius 1 is 1.42 bits per heavy atom. The van der Waals surface area contributed by atoms with Crippen molar-refractivity contribution in [3.8, 4) is 0 Å². The fourth-order valence-corrected chi connectivity index (χ4v) is 4.38. The molecule has 0 amide bonds. The number of allylic oxidation sites excluding steroid dienone is 2. The molecule has 3 aliphatic carbocycles. The Labute approximate surface area is 80.3 Å². The maximum atomic E-state index is 11.7. The first-order chi connectivity index (χ1) is 5.69. The highest BCUT2D eigenvalue weighted by molar-refractivity contribution is 9.10. The van der Waals surface area contributed by atoms with Crippen molar-refractivity contribution >= 4 is 21.7 Å². The quantitative estimate of drug-likeness (QED) is 0.581. The Hall–Kier alpha value is -0.110. The van der Waals surface area contributed by atoms with Gasteiger partial charge >= 0.3 is 0 Å². The van der Waals surface area contributed by atoms with Gasteiger partial charge in [0.15, 0.2) is 5.78 Å². The highest BCUT2D eigenvalue weighted by Gasteiger charge is 2.67. The number of hydrogen-bond acceptors (Lipinski definition) is 1. The number of hydrogen-bond donors (Lipinski definition) is 0. The summed E-state index contributed by atoms with van der Waals surface area (Å²) in [5, 5.41) is 0. The summed E-state index contributed by atoms with van der Waals surface area (Å²) in [7, 11) is 0. The van der Waals surface area contributed by atoms with Crippen LogP contribution in [0.5, 0.6) is 0 Å². The largest absolute Gasteiger partial charge is 0.294 e. The maximum absolute atomic E-state index is 11.7. The first-order valence-corrected chi connectivity index (χ1v) is 5.41. The van der Waals surface area contributed by atoms with Crippen LogP contribution in [0, 0.1) is 11.3 Å². The summed E-state index contributed by atoms with van der Waals surface area (Å²) in [4.78, 5) is 11.7. The topological polar surface area (TPSA) is 17.1 Å². The third-order valence-electron chi connectivity index (χ3n) is 4.12. The summed E-state index contributed by atoms with van der Waals surface area (Å²) in [5.74, 6) is 1.06. The van der Waals surface area contributed by atoms with Gasteiger partial charge in [-0.05, 0) is 37.7 Å². The third kappa shape index (κ3) is 0.517. The molecule has 2 saturated carbocycles. The molecule has 2 fully saturated rings. The second kappa shape index (κ2) is 1.87. The molecule has 1 spiro atoms. The third-order valence-corrected chi connectivity index (χ3v) is 5.49. The molecule has 0 aromatic rings. The average molecular weight is 227 g/mol. The standard InChI is InChI=1S/C10H11BrO/c11-9-4-1-7-2-6-10(7,9)8(12)3-5-9/h3,5,7H,1-2,4,6H2/t7-,9+,10+/m1/s1. The summed E-state index contributed by atoms with van der Waals surface area (Å²) in [6, 6.07) is 0. The van der Waals surface area contributed by atoms with Gasteiger partial charge in [0.1, 0.15) is 0 Å². The van der Waals surface area contributed by atoms with Gasteiger partial charge < -0.3 is 0 Å². The molecule has 0 unspecified atom stereocenters. The van der Waals surface area contributed by atoms with E-state index in [1.807, 2.05) is 0 Å². The van der Waals surface area contributed by atoms with Gasteiger partial charge in [-0.2, -0.15) is 0 Å². The van der Waals surface area contributed by atoms with Crippen LogP contribution in [-0.2, 0) is 4.79 Å². The van der Waals surface area contributed by atoms with Crippen molar-refractivity contribution in [3.63, 3.8) is 0 Å². The predicted octanol–water partition coefficient (Wildman–Crippen LogP) is 2.45. The second-order valence-corrected chi connectivity index (χ2v) is 5.72. The van der Waals surface area contributed by atoms with Gasteiger partial charge in [0.25, 0.3) is 0 Å². The Bertz CT molecular complexity index is 296. The Morgan fingerprint density at radius 2 is 2.17 bits per heavy atom. The number of carbonyl (C=O) groups excluding carboxylic acids is 1. The molecule has 12 heavy (non-hydrogen) atoms. The maximum Gasteiger partial charge on any atom is 0.163 e. The molecule has 64 valence electrons. The number of ketones is 1. The van der Waals surface area contributed by atoms with Crippen LogP contribution >= 0.6 is 15.9 Å². The number of rotatable bonds is 0. The van der Waals surface area contributed by atoms with Crippen LogP contribution in [0.4, 0.5) is 0 Å². The van der Waals surface area contributed by atoms with Crippen molar-refractivity contribution in [1.82, 2.24) is 0 Å². The highest BCUT2D eigenvalue weighted by Crippen LogP contribution is 2.68. The van der Waals surface area contributed by atoms with Crippen LogP contribution in [0.3, 0.4) is 0 Å². The van der Waals surface area contributed by atoms with Gasteiger partial charge in [-0.25, -0.2) is 0 Å². The van der Waals surface area contributed by atoms with E-state index >= 15 is 0 Å². The molecule has 0 aromatic heterocycles. The zero-order valence-corrected chi connectivity index (χ0v) is 8.43. The average Bonchev–Trinajstić information content (AvgIpc) is 2.33. The van der Waals surface area contributed by atoms with E-state index in [9.17, 15) is 4.79 Å². The lowest BCUT2D eigenvalue weighted by Gasteiger charge is -2.47. The minimum absolute atomic E-state index is 0.00694. The molecule has 0 aromatic carbocycles. The summed E-state index contributed by atoms with van der Waals surface area (Å²) in [5.41, 5.74) is 0.00694. The van der Waals surface area contributed by atoms with Crippen LogP contribution in [-0.4, -0.2) is 10.1 Å². The highest BCUT2D eigenvalue weighted by atomic mass is 79.9. The number of alkyl halides is 1. The van der Waals surface area contributed by atoms with Gasteiger partial charge in [0.05, 0.1) is 9.74 Å². The van der Waals surface area contributed by atoms with Crippen molar-refractivity contribution in [3.05, 3.63) is 12.2 Å². The predicted molar refractivity (Wildman–Crippen MR) is 50.2 cm³/mol. The first-order valence-electron chi connectivity index (χ1n) is 4.62. The lowest BCUT2D eigenvalue weighted by molar-refractivity contribution is -0.131. The fourth-order valence-electron chi connectivity index (χ4n) is 3.30. The van der Waals surface area contributed by atoms with Crippen molar-refractivity contribution in [2.24, 2.45) is 11.3 Å². The minimum atomic E-state index is 0.00694. The first kappa shape index (κ1) is 7.31. The van der Waals surface area contributed by atoms with Crippen LogP contribution < -0.4 is 0 Å². The number of halogens is 1. The zero-order chi connectivity index (χ0) is 8.40. The Balaban J connectivity index is 2.16. The molecule has 0 bridgehead atoms. The Kier molecular flexibility index (Phi) is 1.14. The van der Waals surface area contributed by atoms with Crippen LogP contribution in [0.2, 0.25) is 0 Å². The van der Waals surface area contributed by atoms with E-state index in [0.717, 1.165) is 12.8 Å². The minimum Gasteiger partial charge on any atom is -0.294 e. The van der Waals surface area contributed by atoms with Gasteiger partial charge in [0, 0.05) is 0 Å². The van der Waals surface area contributed by atoms with Crippen molar-refractivity contribution in [2.75, 3.05) is 0 Å². The molecule has 0 aliphatic heterocycles. The molecule has 3 atom stereocenters. The molecule has 3 aliphatic rings. The van der Waals surface area contributed by atoms with E-state index in [0.29, 0.717) is 11.7 Å². The molecule has 0 saturated heterocycles. The van der Waals surface area contributed by atoms with Gasteiger partial charge in [-0.15, -0.1) is 0 Å². The van der Waals surface area contributed by atoms with Crippen LogP contribution in [0.1, 0.15) is 25.7 Å². The van der Waals surface area contributed by atoms with E-state index in [1.54, 1.807) is 6.08 Å². The van der Waals surface area contributed by atoms with E-state index in [1.165, 1.54) is 12.8 Å². The number of carbonyl (C=O) groups is 1. The van der Waals surface area contributed by atoms with Gasteiger partial charge in [-0.3, -0.25) is 4.79 Å². The molecule has 2 heteroatoms. The zero-order valence-electron chi connectivity index (χ0n) is 6.85. The molecular formula is C10H11BrO. The van der Waals surface area contributed by atoms with Gasteiger partial charge in [0.2, 0.25) is 0 Å². The summed E-state index contributed by atoms with van der Waals surface area (Å²) >= 11 is 3.75. The summed E-state index contributed by atoms with van der Waals surface area (Å²) in [6.07, 6.45) is 8.64. The lowest BCUT2D eigenvalue weighted by Crippen LogP contribution is -2.50. The second-order valence-electron chi connectivity index (χ2n) is 4.31. The SMILES string of the molecule is O=C1C=C[C@@]2(Br)CC[C@@H]3CC[C@@]132. The summed E-state index contributed by atoms with van der Waals surface area (Å²) in [6.45, 7) is 0. The van der Waals surface area contributed by atoms with Crippen LogP contribution in [0.15, 0.2) is 12.2 Å². The fraction of sp³-hybridized carbons (Fsp3) is 0.700. The normalized spacial score (nSPS) is 55.1. The monoisotopic (exact) mass is 226 g/mol. The summed E-state index contributed by atoms with van der Waals surface area (Å²) < 4.78 is 0.0556. The van der Waals surface area contributed by atoms with E-state index in [-0.39, 0.29) is 9.74 Å². The van der Waals surface area contributed by atoms with E-state index < -0.39 is 0 Å². The van der Waals surface area contributed by atoms with Crippen LogP contribution in [0.25, 0.3) is 0 Å². The molecule has 0 radical (unpaired) electrons. The molecule has 0 heterocycles. The van der Waals surface area contributed by atoms with E-state index in [4.69, 9.17) is 0 Å². The molecule has 1 nitrogen and oxygen atoms in total. The van der Waals surface area contributed by atoms with E-state index in [2.05, 4.69) is 22.0 Å². The van der Waals surface area contributed by atoms with Crippen molar-refractivity contribution in [2.45, 2.75) is 30.0 Å². The lowest BCUT2D eigenvalue weighted by atomic mass is 9.58. The molecule has 0 N–H and O–H groups in total. The Morgan fingerprint density at radius 3 is 2.75 bits per heavy atom.